The summed E-state index contributed by atoms with van der Waals surface area (Å²) in [5.74, 6) is 0.891. The topological polar surface area (TPSA) is 22.1 Å². The van der Waals surface area contributed by atoms with E-state index in [4.69, 9.17) is 9.72 Å². The summed E-state index contributed by atoms with van der Waals surface area (Å²) in [5.41, 5.74) is 5.77. The van der Waals surface area contributed by atoms with Crippen LogP contribution >= 0.6 is 0 Å². The number of rotatable bonds is 1. The average molecular weight is 251 g/mol. The summed E-state index contributed by atoms with van der Waals surface area (Å²) >= 11 is 0. The van der Waals surface area contributed by atoms with Crippen molar-refractivity contribution in [3.63, 3.8) is 0 Å². The molecule has 2 aromatic carbocycles. The van der Waals surface area contributed by atoms with Gasteiger partial charge < -0.3 is 4.74 Å². The molecule has 19 heavy (non-hydrogen) atoms. The van der Waals surface area contributed by atoms with Crippen LogP contribution in [0, 0.1) is 20.8 Å². The van der Waals surface area contributed by atoms with Crippen LogP contribution in [-0.4, -0.2) is 12.1 Å². The molecular formula is C17H17NO. The summed E-state index contributed by atoms with van der Waals surface area (Å²) in [6, 6.07) is 10.7. The molecule has 0 aliphatic carbocycles. The molecule has 0 bridgehead atoms. The highest BCUT2D eigenvalue weighted by atomic mass is 16.5. The SMILES string of the molecule is COc1cc(C)cc2nc3cc(C)c(C)cc3cc12. The van der Waals surface area contributed by atoms with Crippen LogP contribution in [0.4, 0.5) is 0 Å². The van der Waals surface area contributed by atoms with Gasteiger partial charge in [-0.2, -0.15) is 0 Å². The summed E-state index contributed by atoms with van der Waals surface area (Å²) < 4.78 is 5.47. The Morgan fingerprint density at radius 3 is 2.32 bits per heavy atom. The Kier molecular flexibility index (Phi) is 2.67. The molecule has 0 radical (unpaired) electrons. The fourth-order valence-electron chi connectivity index (χ4n) is 2.47. The van der Waals surface area contributed by atoms with Gasteiger partial charge >= 0.3 is 0 Å². The lowest BCUT2D eigenvalue weighted by molar-refractivity contribution is 0.419. The molecule has 0 saturated carbocycles. The van der Waals surface area contributed by atoms with Crippen LogP contribution in [0.25, 0.3) is 21.8 Å². The van der Waals surface area contributed by atoms with E-state index in [1.54, 1.807) is 7.11 Å². The van der Waals surface area contributed by atoms with Crippen molar-refractivity contribution in [2.75, 3.05) is 7.11 Å². The van der Waals surface area contributed by atoms with Crippen LogP contribution in [0.3, 0.4) is 0 Å². The monoisotopic (exact) mass is 251 g/mol. The fourth-order valence-corrected chi connectivity index (χ4v) is 2.47. The molecule has 0 aliphatic rings. The van der Waals surface area contributed by atoms with E-state index in [0.717, 1.165) is 27.6 Å². The zero-order valence-corrected chi connectivity index (χ0v) is 11.7. The number of methoxy groups -OCH3 is 1. The molecule has 0 spiro atoms. The molecule has 3 aromatic rings. The van der Waals surface area contributed by atoms with Gasteiger partial charge in [0.25, 0.3) is 0 Å². The number of hydrogen-bond acceptors (Lipinski definition) is 2. The zero-order chi connectivity index (χ0) is 13.6. The van der Waals surface area contributed by atoms with Crippen molar-refractivity contribution < 1.29 is 4.74 Å². The van der Waals surface area contributed by atoms with Gasteiger partial charge in [-0.05, 0) is 67.8 Å². The molecule has 0 amide bonds. The maximum absolute atomic E-state index is 5.47. The third kappa shape index (κ3) is 1.93. The van der Waals surface area contributed by atoms with Crippen molar-refractivity contribution in [1.82, 2.24) is 4.98 Å². The Morgan fingerprint density at radius 2 is 1.58 bits per heavy atom. The maximum Gasteiger partial charge on any atom is 0.128 e. The third-order valence-electron chi connectivity index (χ3n) is 3.67. The van der Waals surface area contributed by atoms with Gasteiger partial charge in [0.1, 0.15) is 5.75 Å². The van der Waals surface area contributed by atoms with Crippen molar-refractivity contribution >= 4 is 21.8 Å². The summed E-state index contributed by atoms with van der Waals surface area (Å²) in [6.45, 7) is 6.32. The van der Waals surface area contributed by atoms with E-state index in [-0.39, 0.29) is 0 Å². The van der Waals surface area contributed by atoms with Crippen LogP contribution in [0.2, 0.25) is 0 Å². The van der Waals surface area contributed by atoms with Gasteiger partial charge in [-0.3, -0.25) is 0 Å². The number of benzene rings is 2. The summed E-state index contributed by atoms with van der Waals surface area (Å²) in [4.78, 5) is 4.77. The molecule has 0 fully saturated rings. The van der Waals surface area contributed by atoms with Crippen LogP contribution < -0.4 is 4.74 Å². The van der Waals surface area contributed by atoms with E-state index in [1.807, 2.05) is 0 Å². The lowest BCUT2D eigenvalue weighted by Gasteiger charge is -2.09. The number of ether oxygens (including phenoxy) is 1. The van der Waals surface area contributed by atoms with E-state index in [1.165, 1.54) is 16.7 Å². The molecule has 2 heteroatoms. The Hall–Kier alpha value is -2.09. The van der Waals surface area contributed by atoms with E-state index in [2.05, 4.69) is 51.1 Å². The molecular weight excluding hydrogens is 234 g/mol. The first kappa shape index (κ1) is 12.0. The minimum absolute atomic E-state index is 0.891. The zero-order valence-electron chi connectivity index (χ0n) is 11.7. The first-order valence-electron chi connectivity index (χ1n) is 6.45. The standard InChI is InChI=1S/C17H17NO/c1-10-5-16-14(17(6-10)19-4)9-13-7-11(2)12(3)8-15(13)18-16/h5-9H,1-4H3. The molecule has 96 valence electrons. The second-order valence-electron chi connectivity index (χ2n) is 5.15. The summed E-state index contributed by atoms with van der Waals surface area (Å²) in [6.07, 6.45) is 0. The van der Waals surface area contributed by atoms with Gasteiger partial charge in [-0.15, -0.1) is 0 Å². The van der Waals surface area contributed by atoms with Crippen molar-refractivity contribution in [2.24, 2.45) is 0 Å². The van der Waals surface area contributed by atoms with E-state index >= 15 is 0 Å². The van der Waals surface area contributed by atoms with Crippen molar-refractivity contribution in [3.8, 4) is 5.75 Å². The number of hydrogen-bond donors (Lipinski definition) is 0. The first-order chi connectivity index (χ1) is 9.08. The van der Waals surface area contributed by atoms with Crippen LogP contribution in [0.1, 0.15) is 16.7 Å². The normalized spacial score (nSPS) is 11.2. The smallest absolute Gasteiger partial charge is 0.128 e. The Balaban J connectivity index is 2.44. The fraction of sp³-hybridized carbons (Fsp3) is 0.235. The number of fused-ring (bicyclic) bond motifs is 2. The number of aromatic nitrogens is 1. The van der Waals surface area contributed by atoms with Crippen molar-refractivity contribution in [3.05, 3.63) is 47.0 Å². The van der Waals surface area contributed by atoms with Crippen molar-refractivity contribution in [2.45, 2.75) is 20.8 Å². The Morgan fingerprint density at radius 1 is 0.842 bits per heavy atom. The lowest BCUT2D eigenvalue weighted by Crippen LogP contribution is -1.91. The number of nitrogens with zero attached hydrogens (tertiary/aromatic N) is 1. The predicted molar refractivity (Wildman–Crippen MR) is 80.0 cm³/mol. The molecule has 1 heterocycles. The maximum atomic E-state index is 5.47. The minimum Gasteiger partial charge on any atom is -0.496 e. The minimum atomic E-state index is 0.891. The van der Waals surface area contributed by atoms with Crippen LogP contribution in [-0.2, 0) is 0 Å². The van der Waals surface area contributed by atoms with Crippen LogP contribution in [0.15, 0.2) is 30.3 Å². The Labute approximate surface area is 113 Å². The van der Waals surface area contributed by atoms with Crippen LogP contribution in [0.5, 0.6) is 5.75 Å². The highest BCUT2D eigenvalue weighted by Gasteiger charge is 2.07. The van der Waals surface area contributed by atoms with Gasteiger partial charge in [-0.1, -0.05) is 0 Å². The molecule has 1 aromatic heterocycles. The number of aryl methyl sites for hydroxylation is 3. The van der Waals surface area contributed by atoms with E-state index in [0.29, 0.717) is 0 Å². The molecule has 3 rings (SSSR count). The Bertz CT molecular complexity index is 790. The second-order valence-corrected chi connectivity index (χ2v) is 5.15. The lowest BCUT2D eigenvalue weighted by atomic mass is 10.0. The van der Waals surface area contributed by atoms with E-state index < -0.39 is 0 Å². The van der Waals surface area contributed by atoms with Gasteiger partial charge in [0.2, 0.25) is 0 Å². The van der Waals surface area contributed by atoms with E-state index in [9.17, 15) is 0 Å². The summed E-state index contributed by atoms with van der Waals surface area (Å²) in [5, 5.41) is 2.24. The van der Waals surface area contributed by atoms with Gasteiger partial charge in [0.15, 0.2) is 0 Å². The van der Waals surface area contributed by atoms with Crippen molar-refractivity contribution in [1.29, 1.82) is 0 Å². The first-order valence-corrected chi connectivity index (χ1v) is 6.45. The third-order valence-corrected chi connectivity index (χ3v) is 3.67. The second kappa shape index (κ2) is 4.23. The quantitative estimate of drug-likeness (QED) is 0.601. The largest absolute Gasteiger partial charge is 0.496 e. The highest BCUT2D eigenvalue weighted by Crippen LogP contribution is 2.30. The molecule has 0 N–H and O–H groups in total. The number of pyridine rings is 1. The molecule has 2 nitrogen and oxygen atoms in total. The molecule has 0 aliphatic heterocycles. The van der Waals surface area contributed by atoms with Gasteiger partial charge in [0, 0.05) is 10.8 Å². The van der Waals surface area contributed by atoms with Gasteiger partial charge in [0.05, 0.1) is 18.1 Å². The molecule has 0 atom stereocenters. The molecule has 0 unspecified atom stereocenters. The predicted octanol–water partition coefficient (Wildman–Crippen LogP) is 4.32. The highest BCUT2D eigenvalue weighted by molar-refractivity contribution is 5.96. The average Bonchev–Trinajstić information content (AvgIpc) is 2.37. The summed E-state index contributed by atoms with van der Waals surface area (Å²) in [7, 11) is 1.71. The van der Waals surface area contributed by atoms with Gasteiger partial charge in [-0.25, -0.2) is 4.98 Å². The molecule has 0 saturated heterocycles.